The van der Waals surface area contributed by atoms with Crippen LogP contribution in [-0.4, -0.2) is 21.7 Å². The lowest BCUT2D eigenvalue weighted by atomic mass is 9.89. The Morgan fingerprint density at radius 3 is 2.79 bits per heavy atom. The van der Waals surface area contributed by atoms with Gasteiger partial charge in [0.25, 0.3) is 0 Å². The molecule has 5 heteroatoms. The first kappa shape index (κ1) is 15.3. The van der Waals surface area contributed by atoms with E-state index < -0.39 is 0 Å². The fourth-order valence-corrected chi connectivity index (χ4v) is 3.91. The van der Waals surface area contributed by atoms with Crippen LogP contribution in [0, 0.1) is 5.92 Å². The minimum Gasteiger partial charge on any atom is -0.311 e. The van der Waals surface area contributed by atoms with Crippen LogP contribution in [0.5, 0.6) is 0 Å². The van der Waals surface area contributed by atoms with E-state index in [0.29, 0.717) is 11.3 Å². The predicted molar refractivity (Wildman–Crippen MR) is 83.6 cm³/mol. The predicted octanol–water partition coefficient (Wildman–Crippen LogP) is 3.63. The Morgan fingerprint density at radius 2 is 2.16 bits per heavy atom. The van der Waals surface area contributed by atoms with Crippen molar-refractivity contribution in [2.45, 2.75) is 50.9 Å². The average Bonchev–Trinajstić information content (AvgIpc) is 2.68. The van der Waals surface area contributed by atoms with Gasteiger partial charge in [0.05, 0.1) is 15.9 Å². The van der Waals surface area contributed by atoms with Crippen molar-refractivity contribution in [1.82, 2.24) is 15.1 Å². The van der Waals surface area contributed by atoms with Gasteiger partial charge in [0.1, 0.15) is 0 Å². The average molecular weight is 349 g/mol. The maximum atomic E-state index is 6.39. The van der Waals surface area contributed by atoms with Crippen LogP contribution in [0.4, 0.5) is 0 Å². The van der Waals surface area contributed by atoms with Crippen LogP contribution in [0.15, 0.2) is 4.47 Å². The van der Waals surface area contributed by atoms with Crippen molar-refractivity contribution < 1.29 is 0 Å². The Balaban J connectivity index is 1.87. The van der Waals surface area contributed by atoms with Gasteiger partial charge in [-0.15, -0.1) is 11.6 Å². The highest BCUT2D eigenvalue weighted by Gasteiger charge is 2.22. The molecule has 0 aliphatic heterocycles. The first-order valence-electron chi connectivity index (χ1n) is 7.18. The molecule has 1 heterocycles. The lowest BCUT2D eigenvalue weighted by Crippen LogP contribution is -2.31. The molecule has 0 bridgehead atoms. The second-order valence-corrected chi connectivity index (χ2v) is 6.73. The molecule has 0 spiro atoms. The van der Waals surface area contributed by atoms with Crippen LogP contribution >= 0.6 is 27.5 Å². The van der Waals surface area contributed by atoms with Crippen molar-refractivity contribution in [2.24, 2.45) is 13.0 Å². The Hall–Kier alpha value is -0.0600. The van der Waals surface area contributed by atoms with E-state index in [-0.39, 0.29) is 0 Å². The second kappa shape index (κ2) is 7.09. The zero-order valence-electron chi connectivity index (χ0n) is 11.8. The lowest BCUT2D eigenvalue weighted by molar-refractivity contribution is 0.347. The lowest BCUT2D eigenvalue weighted by Gasteiger charge is -2.27. The number of aromatic nitrogens is 2. The van der Waals surface area contributed by atoms with Gasteiger partial charge in [-0.2, -0.15) is 5.10 Å². The first-order chi connectivity index (χ1) is 9.13. The fourth-order valence-electron chi connectivity index (χ4n) is 2.78. The van der Waals surface area contributed by atoms with Gasteiger partial charge >= 0.3 is 0 Å². The summed E-state index contributed by atoms with van der Waals surface area (Å²) in [6.07, 6.45) is 6.00. The number of aryl methyl sites for hydroxylation is 2. The van der Waals surface area contributed by atoms with Gasteiger partial charge in [0, 0.05) is 19.0 Å². The number of hydrogen-bond donors (Lipinski definition) is 1. The molecular formula is C14H23BrClN3. The third-order valence-electron chi connectivity index (χ3n) is 4.02. The highest BCUT2D eigenvalue weighted by atomic mass is 79.9. The summed E-state index contributed by atoms with van der Waals surface area (Å²) in [5, 5.41) is 8.41. The third-order valence-corrected chi connectivity index (χ3v) is 5.51. The highest BCUT2D eigenvalue weighted by molar-refractivity contribution is 9.10. The van der Waals surface area contributed by atoms with Gasteiger partial charge in [-0.25, -0.2) is 0 Å². The van der Waals surface area contributed by atoms with Crippen LogP contribution in [0.2, 0.25) is 0 Å². The Labute approximate surface area is 129 Å². The largest absolute Gasteiger partial charge is 0.311 e. The van der Waals surface area contributed by atoms with Gasteiger partial charge < -0.3 is 5.32 Å². The number of nitrogens with one attached hydrogen (secondary N) is 1. The molecule has 108 valence electrons. The molecule has 0 saturated heterocycles. The molecule has 0 amide bonds. The number of hydrogen-bond acceptors (Lipinski definition) is 2. The van der Waals surface area contributed by atoms with Crippen LogP contribution < -0.4 is 5.32 Å². The molecule has 19 heavy (non-hydrogen) atoms. The van der Waals surface area contributed by atoms with Crippen molar-refractivity contribution in [3.63, 3.8) is 0 Å². The van der Waals surface area contributed by atoms with E-state index in [9.17, 15) is 0 Å². The summed E-state index contributed by atoms with van der Waals surface area (Å²) in [7, 11) is 2.01. The van der Waals surface area contributed by atoms with E-state index in [1.54, 1.807) is 0 Å². The van der Waals surface area contributed by atoms with Gasteiger partial charge in [-0.05, 0) is 47.7 Å². The van der Waals surface area contributed by atoms with Crippen molar-refractivity contribution in [1.29, 1.82) is 0 Å². The minimum absolute atomic E-state index is 0.349. The van der Waals surface area contributed by atoms with E-state index in [2.05, 4.69) is 33.3 Å². The van der Waals surface area contributed by atoms with E-state index in [1.165, 1.54) is 31.4 Å². The zero-order valence-corrected chi connectivity index (χ0v) is 14.1. The summed E-state index contributed by atoms with van der Waals surface area (Å²) in [5.74, 6) is 0.619. The standard InChI is InChI=1S/C14H23BrClN3/c1-3-12-14(15)13(19(2)18-12)9-17-8-10-6-4-5-7-11(10)16/h10-11,17H,3-9H2,1-2H3. The molecule has 2 rings (SSSR count). The molecular weight excluding hydrogens is 326 g/mol. The third kappa shape index (κ3) is 3.73. The van der Waals surface area contributed by atoms with Gasteiger partial charge in [-0.3, -0.25) is 4.68 Å². The van der Waals surface area contributed by atoms with Gasteiger partial charge in [0.15, 0.2) is 0 Å². The summed E-state index contributed by atoms with van der Waals surface area (Å²) in [5.41, 5.74) is 2.35. The molecule has 1 fully saturated rings. The van der Waals surface area contributed by atoms with Crippen molar-refractivity contribution in [3.05, 3.63) is 15.9 Å². The molecule has 0 radical (unpaired) electrons. The number of nitrogens with zero attached hydrogens (tertiary/aromatic N) is 2. The Morgan fingerprint density at radius 1 is 1.42 bits per heavy atom. The zero-order chi connectivity index (χ0) is 13.8. The van der Waals surface area contributed by atoms with Crippen LogP contribution in [0.25, 0.3) is 0 Å². The molecule has 1 saturated carbocycles. The minimum atomic E-state index is 0.349. The van der Waals surface area contributed by atoms with Crippen molar-refractivity contribution in [2.75, 3.05) is 6.54 Å². The SMILES string of the molecule is CCc1nn(C)c(CNCC2CCCCC2Cl)c1Br. The maximum absolute atomic E-state index is 6.39. The molecule has 1 N–H and O–H groups in total. The summed E-state index contributed by atoms with van der Waals surface area (Å²) >= 11 is 10.0. The summed E-state index contributed by atoms with van der Waals surface area (Å²) in [4.78, 5) is 0. The Bertz CT molecular complexity index is 419. The van der Waals surface area contributed by atoms with Crippen LogP contribution in [-0.2, 0) is 20.0 Å². The topological polar surface area (TPSA) is 29.9 Å². The monoisotopic (exact) mass is 347 g/mol. The van der Waals surface area contributed by atoms with Gasteiger partial charge in [0.2, 0.25) is 0 Å². The van der Waals surface area contributed by atoms with E-state index in [0.717, 1.165) is 29.7 Å². The second-order valence-electron chi connectivity index (χ2n) is 5.38. The molecule has 1 aromatic heterocycles. The first-order valence-corrected chi connectivity index (χ1v) is 8.41. The molecule has 0 aromatic carbocycles. The van der Waals surface area contributed by atoms with Crippen LogP contribution in [0.3, 0.4) is 0 Å². The van der Waals surface area contributed by atoms with Crippen molar-refractivity contribution >= 4 is 27.5 Å². The Kier molecular flexibility index (Phi) is 5.72. The molecule has 1 aromatic rings. The molecule has 3 nitrogen and oxygen atoms in total. The molecule has 2 unspecified atom stereocenters. The van der Waals surface area contributed by atoms with E-state index in [4.69, 9.17) is 11.6 Å². The highest BCUT2D eigenvalue weighted by Crippen LogP contribution is 2.28. The molecule has 1 aliphatic carbocycles. The quantitative estimate of drug-likeness (QED) is 0.823. The van der Waals surface area contributed by atoms with E-state index >= 15 is 0 Å². The maximum Gasteiger partial charge on any atom is 0.0767 e. The summed E-state index contributed by atoms with van der Waals surface area (Å²) in [6.45, 7) is 3.99. The summed E-state index contributed by atoms with van der Waals surface area (Å²) < 4.78 is 3.12. The number of rotatable bonds is 5. The number of halogens is 2. The molecule has 1 aliphatic rings. The summed E-state index contributed by atoms with van der Waals surface area (Å²) in [6, 6.07) is 0. The fraction of sp³-hybridized carbons (Fsp3) is 0.786. The van der Waals surface area contributed by atoms with E-state index in [1.807, 2.05) is 11.7 Å². The van der Waals surface area contributed by atoms with Crippen molar-refractivity contribution in [3.8, 4) is 0 Å². The normalized spacial score (nSPS) is 23.8. The smallest absolute Gasteiger partial charge is 0.0767 e. The molecule has 2 atom stereocenters. The van der Waals surface area contributed by atoms with Crippen LogP contribution in [0.1, 0.15) is 44.0 Å². The van der Waals surface area contributed by atoms with Gasteiger partial charge in [-0.1, -0.05) is 19.8 Å². The number of alkyl halides is 1.